The Kier molecular flexibility index (Phi) is 6.50. The first kappa shape index (κ1) is 22.8. The maximum Gasteiger partial charge on any atom is 0.138 e. The van der Waals surface area contributed by atoms with Gasteiger partial charge in [-0.25, -0.2) is 0 Å². The maximum absolute atomic E-state index is 12.3. The van der Waals surface area contributed by atoms with Crippen molar-refractivity contribution < 1.29 is 4.79 Å². The third-order valence-corrected chi connectivity index (χ3v) is 7.23. The molecule has 1 aromatic heterocycles. The number of nitrogens with zero attached hydrogens (tertiary/aromatic N) is 3. The molecule has 2 atom stereocenters. The minimum Gasteiger partial charge on any atom is -0.398 e. The lowest BCUT2D eigenvalue weighted by atomic mass is 9.97. The smallest absolute Gasteiger partial charge is 0.138 e. The third kappa shape index (κ3) is 4.51. The molecule has 3 aromatic carbocycles. The molecule has 2 heterocycles. The van der Waals surface area contributed by atoms with Crippen LogP contribution in [-0.4, -0.2) is 46.2 Å². The van der Waals surface area contributed by atoms with Gasteiger partial charge in [-0.15, -0.1) is 0 Å². The van der Waals surface area contributed by atoms with E-state index in [1.807, 2.05) is 24.3 Å². The van der Waals surface area contributed by atoms with E-state index in [-0.39, 0.29) is 12.1 Å². The lowest BCUT2D eigenvalue weighted by Gasteiger charge is -2.45. The Bertz CT molecular complexity index is 1340. The highest BCUT2D eigenvalue weighted by Crippen LogP contribution is 2.27. The minimum atomic E-state index is -0.150. The number of nitrogen functional groups attached to an aromatic ring is 1. The number of pyridine rings is 1. The van der Waals surface area contributed by atoms with Gasteiger partial charge >= 0.3 is 0 Å². The van der Waals surface area contributed by atoms with Crippen LogP contribution in [0.5, 0.6) is 0 Å². The highest BCUT2D eigenvalue weighted by molar-refractivity contribution is 6.31. The van der Waals surface area contributed by atoms with Crippen molar-refractivity contribution in [2.45, 2.75) is 38.5 Å². The average Bonchev–Trinajstić information content (AvgIpc) is 2.84. The summed E-state index contributed by atoms with van der Waals surface area (Å²) in [6.45, 7) is 5.47. The van der Waals surface area contributed by atoms with Crippen molar-refractivity contribution in [1.82, 2.24) is 14.8 Å². The van der Waals surface area contributed by atoms with Crippen LogP contribution in [0.15, 0.2) is 66.9 Å². The summed E-state index contributed by atoms with van der Waals surface area (Å²) < 4.78 is 0. The number of hydrogen-bond donors (Lipinski definition) is 1. The molecule has 6 heteroatoms. The van der Waals surface area contributed by atoms with Crippen molar-refractivity contribution in [1.29, 1.82) is 0 Å². The van der Waals surface area contributed by atoms with Gasteiger partial charge in [-0.1, -0.05) is 48.9 Å². The number of halogens is 1. The number of aromatic nitrogens is 1. The summed E-state index contributed by atoms with van der Waals surface area (Å²) in [7, 11) is 0. The number of anilines is 1. The monoisotopic (exact) mass is 472 g/mol. The largest absolute Gasteiger partial charge is 0.398 e. The highest BCUT2D eigenvalue weighted by Gasteiger charge is 2.35. The molecule has 1 saturated heterocycles. The second kappa shape index (κ2) is 9.71. The molecule has 0 amide bonds. The van der Waals surface area contributed by atoms with Crippen molar-refractivity contribution in [3.05, 3.63) is 83.0 Å². The number of rotatable bonds is 6. The number of aldehydes is 1. The SMILES string of the molecule is CCC1C(C=O)N(Cc2ccc3c(N)ccnc3c2)CCN1Cc1ccc2cc(Cl)ccc2c1. The van der Waals surface area contributed by atoms with Crippen LogP contribution in [0.25, 0.3) is 21.7 Å². The molecule has 34 heavy (non-hydrogen) atoms. The van der Waals surface area contributed by atoms with Crippen LogP contribution >= 0.6 is 11.6 Å². The Hall–Kier alpha value is -2.99. The first-order valence-corrected chi connectivity index (χ1v) is 12.2. The van der Waals surface area contributed by atoms with Crippen LogP contribution in [0.1, 0.15) is 24.5 Å². The number of carbonyl (C=O) groups is 1. The predicted molar refractivity (Wildman–Crippen MR) is 140 cm³/mol. The Morgan fingerprint density at radius 2 is 1.68 bits per heavy atom. The molecule has 1 fully saturated rings. The molecule has 0 aliphatic carbocycles. The minimum absolute atomic E-state index is 0.150. The van der Waals surface area contributed by atoms with Gasteiger partial charge in [-0.05, 0) is 58.7 Å². The number of hydrogen-bond acceptors (Lipinski definition) is 5. The zero-order chi connectivity index (χ0) is 23.7. The Morgan fingerprint density at radius 3 is 2.50 bits per heavy atom. The Balaban J connectivity index is 1.34. The molecular weight excluding hydrogens is 444 g/mol. The van der Waals surface area contributed by atoms with Gasteiger partial charge in [-0.3, -0.25) is 14.8 Å². The van der Waals surface area contributed by atoms with Crippen LogP contribution in [-0.2, 0) is 17.9 Å². The fraction of sp³-hybridized carbons (Fsp3) is 0.286. The van der Waals surface area contributed by atoms with Crippen LogP contribution in [0.2, 0.25) is 5.02 Å². The van der Waals surface area contributed by atoms with Gasteiger partial charge in [0.1, 0.15) is 6.29 Å². The van der Waals surface area contributed by atoms with Crippen molar-refractivity contribution in [3.8, 4) is 0 Å². The second-order valence-electron chi connectivity index (χ2n) is 9.12. The van der Waals surface area contributed by atoms with Gasteiger partial charge < -0.3 is 10.5 Å². The van der Waals surface area contributed by atoms with Gasteiger partial charge in [0.25, 0.3) is 0 Å². The average molecular weight is 473 g/mol. The first-order valence-electron chi connectivity index (χ1n) is 11.8. The van der Waals surface area contributed by atoms with Crippen molar-refractivity contribution in [2.75, 3.05) is 18.8 Å². The molecule has 5 nitrogen and oxygen atoms in total. The number of piperazine rings is 1. The molecule has 174 valence electrons. The summed E-state index contributed by atoms with van der Waals surface area (Å²) in [5.74, 6) is 0. The van der Waals surface area contributed by atoms with Crippen molar-refractivity contribution in [3.63, 3.8) is 0 Å². The normalized spacial score (nSPS) is 19.6. The van der Waals surface area contributed by atoms with Crippen molar-refractivity contribution >= 4 is 45.2 Å². The van der Waals surface area contributed by atoms with Crippen LogP contribution in [0.3, 0.4) is 0 Å². The van der Waals surface area contributed by atoms with E-state index < -0.39 is 0 Å². The third-order valence-electron chi connectivity index (χ3n) is 7.00. The summed E-state index contributed by atoms with van der Waals surface area (Å²) >= 11 is 6.14. The fourth-order valence-corrected chi connectivity index (χ4v) is 5.42. The Morgan fingerprint density at radius 1 is 0.971 bits per heavy atom. The van der Waals surface area contributed by atoms with E-state index in [4.69, 9.17) is 17.3 Å². The van der Waals surface area contributed by atoms with E-state index in [0.29, 0.717) is 0 Å². The summed E-state index contributed by atoms with van der Waals surface area (Å²) in [6, 6.07) is 20.6. The van der Waals surface area contributed by atoms with E-state index in [2.05, 4.69) is 58.1 Å². The first-order chi connectivity index (χ1) is 16.6. The standard InChI is InChI=1S/C28H29ClN4O/c1-2-27-28(18-34)33(17-20-4-8-24-25(30)9-10-31-26(24)14-20)12-11-32(27)16-19-3-5-22-15-23(29)7-6-21(22)13-19/h3-10,13-15,18,27-28H,2,11-12,16-17H2,1H3,(H2,30,31). The van der Waals surface area contributed by atoms with Crippen LogP contribution < -0.4 is 5.73 Å². The predicted octanol–water partition coefficient (Wildman–Crippen LogP) is 5.29. The molecule has 2 unspecified atom stereocenters. The van der Waals surface area contributed by atoms with Crippen LogP contribution in [0.4, 0.5) is 5.69 Å². The van der Waals surface area contributed by atoms with Gasteiger partial charge in [0.15, 0.2) is 0 Å². The van der Waals surface area contributed by atoms with E-state index in [1.165, 1.54) is 10.9 Å². The number of nitrogens with two attached hydrogens (primary N) is 1. The summed E-state index contributed by atoms with van der Waals surface area (Å²) in [5.41, 5.74) is 10.1. The second-order valence-corrected chi connectivity index (χ2v) is 9.56. The summed E-state index contributed by atoms with van der Waals surface area (Å²) in [5, 5.41) is 4.05. The summed E-state index contributed by atoms with van der Waals surface area (Å²) in [6.07, 6.45) is 3.78. The zero-order valence-corrected chi connectivity index (χ0v) is 20.1. The number of benzene rings is 3. The topological polar surface area (TPSA) is 62.5 Å². The zero-order valence-electron chi connectivity index (χ0n) is 19.3. The lowest BCUT2D eigenvalue weighted by Crippen LogP contribution is -2.59. The van der Waals surface area contributed by atoms with E-state index >= 15 is 0 Å². The van der Waals surface area contributed by atoms with Gasteiger partial charge in [-0.2, -0.15) is 0 Å². The molecular formula is C28H29ClN4O. The molecule has 0 saturated carbocycles. The lowest BCUT2D eigenvalue weighted by molar-refractivity contribution is -0.118. The highest BCUT2D eigenvalue weighted by atomic mass is 35.5. The summed E-state index contributed by atoms with van der Waals surface area (Å²) in [4.78, 5) is 21.5. The molecule has 0 spiro atoms. The molecule has 2 N–H and O–H groups in total. The fourth-order valence-electron chi connectivity index (χ4n) is 5.24. The van der Waals surface area contributed by atoms with Gasteiger partial charge in [0.05, 0.1) is 11.6 Å². The molecule has 0 bridgehead atoms. The molecule has 0 radical (unpaired) electrons. The quantitative estimate of drug-likeness (QED) is 0.386. The van der Waals surface area contributed by atoms with Gasteiger partial charge in [0, 0.05) is 54.5 Å². The molecule has 1 aliphatic rings. The van der Waals surface area contributed by atoms with E-state index in [0.717, 1.165) is 71.4 Å². The van der Waals surface area contributed by atoms with E-state index in [9.17, 15) is 4.79 Å². The van der Waals surface area contributed by atoms with Crippen molar-refractivity contribution in [2.24, 2.45) is 0 Å². The number of fused-ring (bicyclic) bond motifs is 2. The van der Waals surface area contributed by atoms with E-state index in [1.54, 1.807) is 6.20 Å². The molecule has 1 aliphatic heterocycles. The van der Waals surface area contributed by atoms with Gasteiger partial charge in [0.2, 0.25) is 0 Å². The number of carbonyl (C=O) groups excluding carboxylic acids is 1. The molecule has 5 rings (SSSR count). The Labute approximate surface area is 205 Å². The molecule has 4 aromatic rings. The van der Waals surface area contributed by atoms with Crippen LogP contribution in [0, 0.1) is 0 Å². The maximum atomic E-state index is 12.3.